The topological polar surface area (TPSA) is 117 Å². The van der Waals surface area contributed by atoms with E-state index in [9.17, 15) is 31.1 Å². The van der Waals surface area contributed by atoms with E-state index in [0.717, 1.165) is 86.4 Å². The number of pyridine rings is 5. The van der Waals surface area contributed by atoms with Crippen LogP contribution >= 0.6 is 0 Å². The zero-order chi connectivity index (χ0) is 65.8. The third kappa shape index (κ3) is 28.0. The molecule has 0 bridgehead atoms. The number of aliphatic hydroxyl groups excluding tert-OH is 1. The molecule has 509 valence electrons. The van der Waals surface area contributed by atoms with Crippen molar-refractivity contribution in [2.24, 2.45) is 0 Å². The number of hydrogen-bond donors (Lipinski definition) is 1. The first-order valence-corrected chi connectivity index (χ1v) is 28.2. The van der Waals surface area contributed by atoms with Gasteiger partial charge in [-0.15, -0.1) is 120 Å². The van der Waals surface area contributed by atoms with Gasteiger partial charge in [0.2, 0.25) is 0 Å². The van der Waals surface area contributed by atoms with Gasteiger partial charge in [-0.3, -0.25) is 31.1 Å². The Balaban J connectivity index is 0.000000406. The predicted octanol–water partition coefficient (Wildman–Crippen LogP) is 18.5. The van der Waals surface area contributed by atoms with Gasteiger partial charge in [0, 0.05) is 209 Å². The molecule has 0 unspecified atom stereocenters. The fourth-order valence-electron chi connectivity index (χ4n) is 8.28. The Labute approximate surface area is 629 Å². The van der Waals surface area contributed by atoms with E-state index in [1.54, 1.807) is 55.1 Å². The second-order valence-corrected chi connectivity index (χ2v) is 19.8. The van der Waals surface area contributed by atoms with Gasteiger partial charge in [-0.1, -0.05) is 95.6 Å². The molecular weight excluding hydrogens is 2130 g/mol. The summed E-state index contributed by atoms with van der Waals surface area (Å²) in [5.41, 5.74) is 11.4. The van der Waals surface area contributed by atoms with Gasteiger partial charge < -0.3 is 44.6 Å². The number of benzene rings is 7. The van der Waals surface area contributed by atoms with Crippen LogP contribution in [0, 0.1) is 72.2 Å². The number of carbonyl (C=O) groups is 1. The summed E-state index contributed by atoms with van der Waals surface area (Å²) in [6.07, 6.45) is 9.53. The number of para-hydroxylation sites is 2. The van der Waals surface area contributed by atoms with E-state index >= 15 is 0 Å². The van der Waals surface area contributed by atoms with Gasteiger partial charge in [0.1, 0.15) is 5.75 Å². The van der Waals surface area contributed by atoms with Gasteiger partial charge in [0.25, 0.3) is 0 Å². The number of allylic oxidation sites excluding steroid dienone is 2. The summed E-state index contributed by atoms with van der Waals surface area (Å²) in [5, 5.41) is 8.36. The molecule has 21 heteroatoms. The second kappa shape index (κ2) is 44.5. The van der Waals surface area contributed by atoms with Crippen molar-refractivity contribution in [1.29, 1.82) is 0 Å². The van der Waals surface area contributed by atoms with Crippen LogP contribution in [0.5, 0.6) is 5.75 Å². The average molecular weight is 2190 g/mol. The number of nitrogens with zero attached hydrogens (tertiary/aromatic N) is 7. The first-order valence-electron chi connectivity index (χ1n) is 28.2. The molecule has 5 radical (unpaired) electrons. The van der Waals surface area contributed by atoms with Crippen molar-refractivity contribution in [1.82, 2.24) is 24.9 Å². The summed E-state index contributed by atoms with van der Waals surface area (Å²) >= 11 is 0. The molecule has 0 amide bonds. The molecule has 12 rings (SSSR count). The Morgan fingerprint density at radius 2 is 0.876 bits per heavy atom. The first-order chi connectivity index (χ1) is 44.4. The largest absolute Gasteiger partial charge is 0.512 e. The smallest absolute Gasteiger partial charge is 0.155 e. The van der Waals surface area contributed by atoms with Crippen LogP contribution in [0.4, 0.5) is 49.1 Å². The number of aryl methyl sites for hydroxylation is 1. The maximum atomic E-state index is 13.4. The maximum absolute atomic E-state index is 13.4. The van der Waals surface area contributed by atoms with E-state index in [1.165, 1.54) is 57.5 Å². The van der Waals surface area contributed by atoms with Gasteiger partial charge >= 0.3 is 0 Å². The number of anilines is 4. The number of aliphatic hydroxyl groups is 1. The Hall–Kier alpha value is -8.27. The molecule has 0 atom stereocenters. The molecule has 5 aromatic heterocycles. The van der Waals surface area contributed by atoms with Crippen molar-refractivity contribution < 1.29 is 142 Å². The Morgan fingerprint density at radius 3 is 1.30 bits per heavy atom. The number of carbonyl (C=O) groups excluding carboxylic acids is 1. The van der Waals surface area contributed by atoms with E-state index in [0.29, 0.717) is 17.1 Å². The predicted molar refractivity (Wildman–Crippen MR) is 350 cm³/mol. The third-order valence-corrected chi connectivity index (χ3v) is 12.6. The van der Waals surface area contributed by atoms with E-state index in [4.69, 9.17) is 9.84 Å². The van der Waals surface area contributed by atoms with Gasteiger partial charge in [-0.2, -0.15) is 0 Å². The number of rotatable bonds is 11. The van der Waals surface area contributed by atoms with Crippen LogP contribution in [0.2, 0.25) is 0 Å². The number of halogens is 6. The van der Waals surface area contributed by atoms with Crippen LogP contribution in [0.15, 0.2) is 255 Å². The SMILES string of the molecule is CC(=O)C=C(C)O.CN(C)c1ccnc(-c2[c-]cc(F)cc2)c1.COc1ccnc(-c2[c-]cc(F)cc2F)c1.Cc1ccnc(-c2[c-]cc(F)cc2F)c1.Fc1c[c-]c(-c2cc(N(c3ccccc3)c3ccccc3)ccn2)cc1.[Ir].[Ir].[Ir].[Ir].[Ir].[c-]1ccccc1-c1ccccn1. The van der Waals surface area contributed by atoms with Crippen molar-refractivity contribution >= 4 is 28.5 Å². The summed E-state index contributed by atoms with van der Waals surface area (Å²) in [6.45, 7) is 4.73. The minimum atomic E-state index is -0.694. The molecule has 0 aliphatic carbocycles. The molecule has 7 aromatic carbocycles. The molecule has 97 heavy (non-hydrogen) atoms. The van der Waals surface area contributed by atoms with E-state index in [2.05, 4.69) is 84.4 Å². The summed E-state index contributed by atoms with van der Waals surface area (Å²) in [6, 6.07) is 75.2. The number of methoxy groups -OCH3 is 1. The molecule has 0 saturated heterocycles. The minimum absolute atomic E-state index is 0. The number of ether oxygens (including phenoxy) is 1. The van der Waals surface area contributed by atoms with E-state index in [1.807, 2.05) is 135 Å². The second-order valence-electron chi connectivity index (χ2n) is 19.8. The molecule has 1 N–H and O–H groups in total. The molecule has 5 heterocycles. The van der Waals surface area contributed by atoms with Crippen LogP contribution in [0.1, 0.15) is 19.4 Å². The summed E-state index contributed by atoms with van der Waals surface area (Å²) in [4.78, 5) is 35.0. The van der Waals surface area contributed by atoms with Crippen LogP contribution in [0.25, 0.3) is 56.3 Å². The standard InChI is InChI=1S/C23H16FN2.C13H12FN2.C12H8F2NO.C12H8F2N.C11H8N.C5H8O2.5Ir/c24-19-13-11-18(12-14-19)23-17-22(15-16-25-23)26(20-7-3-1-4-8-20)21-9-5-2-6-10-21;1-16(2)12-7-8-15-13(9-12)10-3-5-11(14)6-4-10;1-16-9-4-5-15-12(7-9)10-3-2-8(13)6-11(10)14;1-8-4-5-15-12(6-8)10-3-2-9(13)7-11(10)14;1-2-6-10(7-3-1)11-8-4-5-9-12-11;1-4(6)3-5(2)7;;;;;/h1-11,13-17H;3,5-9H,1-2H3;2,4-7H,1H3;2,4-7H,1H3;1-6,8-9H;3,6H,1-2H3;;;;;/q5*-1;;;;;;. The monoisotopic (exact) mass is 2200 g/mol. The molecule has 0 spiro atoms. The fourth-order valence-corrected chi connectivity index (χ4v) is 8.28. The van der Waals surface area contributed by atoms with Crippen LogP contribution < -0.4 is 14.5 Å². The zero-order valence-electron chi connectivity index (χ0n) is 52.5. The number of aromatic nitrogens is 5. The minimum Gasteiger partial charge on any atom is -0.512 e. The van der Waals surface area contributed by atoms with Gasteiger partial charge in [-0.25, -0.2) is 0 Å². The van der Waals surface area contributed by atoms with Crippen molar-refractivity contribution in [2.45, 2.75) is 20.8 Å². The molecule has 12 aromatic rings. The Morgan fingerprint density at radius 1 is 0.433 bits per heavy atom. The molecule has 10 nitrogen and oxygen atoms in total. The van der Waals surface area contributed by atoms with Crippen LogP contribution in [-0.4, -0.2) is 57.0 Å². The average Bonchev–Trinajstić information content (AvgIpc) is 0.829. The third-order valence-electron chi connectivity index (χ3n) is 12.6. The van der Waals surface area contributed by atoms with Crippen molar-refractivity contribution in [3.05, 3.63) is 326 Å². The normalized spacial score (nSPS) is 9.79. The van der Waals surface area contributed by atoms with Crippen LogP contribution in [0.3, 0.4) is 0 Å². The molecule has 0 aliphatic heterocycles. The fraction of sp³-hybridized carbons (Fsp3) is 0.0789. The molecular formula is C76H60F6Ir5N7O3-5. The molecule has 0 aliphatic rings. The first kappa shape index (κ1) is 84.8. The molecule has 0 saturated carbocycles. The summed E-state index contributed by atoms with van der Waals surface area (Å²) < 4.78 is 83.1. The zero-order valence-corrected chi connectivity index (χ0v) is 64.5. The summed E-state index contributed by atoms with van der Waals surface area (Å²) in [5.74, 6) is -2.73. The molecule has 0 fully saturated rings. The maximum Gasteiger partial charge on any atom is 0.155 e. The van der Waals surface area contributed by atoms with Crippen LogP contribution in [-0.2, 0) is 105 Å². The van der Waals surface area contributed by atoms with Crippen molar-refractivity contribution in [2.75, 3.05) is 31.0 Å². The van der Waals surface area contributed by atoms with Gasteiger partial charge in [-0.05, 0) is 110 Å². The Kier molecular flexibility index (Phi) is 38.9. The van der Waals surface area contributed by atoms with E-state index < -0.39 is 23.3 Å². The number of ketones is 1. The van der Waals surface area contributed by atoms with Gasteiger partial charge in [0.15, 0.2) is 5.78 Å². The van der Waals surface area contributed by atoms with Gasteiger partial charge in [0.05, 0.1) is 12.9 Å². The Bertz CT molecular complexity index is 4220. The van der Waals surface area contributed by atoms with Crippen molar-refractivity contribution in [3.63, 3.8) is 0 Å². The van der Waals surface area contributed by atoms with E-state index in [-0.39, 0.29) is 135 Å². The quantitative estimate of drug-likeness (QED) is 0.0581. The van der Waals surface area contributed by atoms with Crippen molar-refractivity contribution in [3.8, 4) is 62.0 Å². The summed E-state index contributed by atoms with van der Waals surface area (Å²) in [7, 11) is 5.44. The number of hydrogen-bond acceptors (Lipinski definition) is 10.